The molecule has 37 heavy (non-hydrogen) atoms. The number of benzene rings is 1. The molecule has 4 heterocycles. The Morgan fingerprint density at radius 3 is 2.76 bits per heavy atom. The number of nitrogens with zero attached hydrogens (tertiary/aromatic N) is 4. The van der Waals surface area contributed by atoms with Crippen LogP contribution in [0.4, 0.5) is 18.0 Å². The molecule has 9 nitrogen and oxygen atoms in total. The first-order chi connectivity index (χ1) is 17.6. The highest BCUT2D eigenvalue weighted by molar-refractivity contribution is 7.16. The van der Waals surface area contributed by atoms with Gasteiger partial charge in [0, 0.05) is 24.5 Å². The number of ether oxygens (including phenoxy) is 2. The number of rotatable bonds is 5. The number of carbonyl (C=O) groups is 2. The number of primary amides is 1. The van der Waals surface area contributed by atoms with Crippen LogP contribution < -0.4 is 10.5 Å². The first-order valence-corrected chi connectivity index (χ1v) is 12.4. The molecule has 1 saturated heterocycles. The van der Waals surface area contributed by atoms with Gasteiger partial charge in [-0.15, -0.1) is 11.3 Å². The summed E-state index contributed by atoms with van der Waals surface area (Å²) in [5.41, 5.74) is 6.70. The lowest BCUT2D eigenvalue weighted by Crippen LogP contribution is -2.44. The molecule has 0 spiro atoms. The van der Waals surface area contributed by atoms with Crippen molar-refractivity contribution in [3.8, 4) is 17.3 Å². The average molecular weight is 536 g/mol. The second-order valence-corrected chi connectivity index (χ2v) is 9.80. The van der Waals surface area contributed by atoms with Gasteiger partial charge >= 0.3 is 12.3 Å². The third-order valence-electron chi connectivity index (χ3n) is 6.42. The number of alkyl halides is 3. The van der Waals surface area contributed by atoms with Crippen molar-refractivity contribution < 1.29 is 32.2 Å². The lowest BCUT2D eigenvalue weighted by Gasteiger charge is -2.32. The number of hydrogen-bond acceptors (Lipinski definition) is 6. The van der Waals surface area contributed by atoms with Crippen molar-refractivity contribution in [3.05, 3.63) is 35.2 Å². The zero-order chi connectivity index (χ0) is 26.5. The predicted octanol–water partition coefficient (Wildman–Crippen LogP) is 4.53. The normalized spacial score (nSPS) is 16.5. The zero-order valence-electron chi connectivity index (χ0n) is 20.0. The van der Waals surface area contributed by atoms with Crippen molar-refractivity contribution in [1.29, 1.82) is 0 Å². The lowest BCUT2D eigenvalue weighted by molar-refractivity contribution is -0.139. The molecule has 1 fully saturated rings. The van der Waals surface area contributed by atoms with E-state index in [9.17, 15) is 22.8 Å². The van der Waals surface area contributed by atoms with Gasteiger partial charge in [-0.2, -0.15) is 13.2 Å². The van der Waals surface area contributed by atoms with Gasteiger partial charge in [0.15, 0.2) is 5.82 Å². The molecule has 2 N–H and O–H groups in total. The number of amides is 2. The minimum Gasteiger partial charge on any atom is -0.494 e. The third-order valence-corrected chi connectivity index (χ3v) is 7.37. The van der Waals surface area contributed by atoms with Crippen LogP contribution in [0.1, 0.15) is 23.2 Å². The van der Waals surface area contributed by atoms with E-state index >= 15 is 0 Å². The standard InChI is InChI=1S/C24H24F3N5O4S/c1-30-19-16(29-20(30)17-9-13-5-7-37-22(13)32(17)12-24(25,26)27)8-14(10-18(19)35-2)21(33)31-6-3-4-15(11-31)36-23(28)34/h5,7-10,15H,3-4,6,11-12H2,1-2H3,(H2,28,34). The minimum absolute atomic E-state index is 0.206. The number of imidazole rings is 1. The minimum atomic E-state index is -4.42. The number of aromatic nitrogens is 3. The number of piperidine rings is 1. The molecule has 3 aromatic heterocycles. The van der Waals surface area contributed by atoms with Crippen molar-refractivity contribution in [2.24, 2.45) is 12.8 Å². The fourth-order valence-electron chi connectivity index (χ4n) is 4.88. The Balaban J connectivity index is 1.56. The fourth-order valence-corrected chi connectivity index (χ4v) is 5.78. The van der Waals surface area contributed by atoms with Gasteiger partial charge in [-0.05, 0) is 42.5 Å². The molecule has 1 aromatic carbocycles. The molecule has 0 saturated carbocycles. The molecule has 5 rings (SSSR count). The second-order valence-electron chi connectivity index (χ2n) is 8.90. The molecule has 2 amide bonds. The Morgan fingerprint density at radius 1 is 1.27 bits per heavy atom. The van der Waals surface area contributed by atoms with Gasteiger partial charge in [0.25, 0.3) is 5.91 Å². The van der Waals surface area contributed by atoms with Gasteiger partial charge in [-0.3, -0.25) is 4.79 Å². The largest absolute Gasteiger partial charge is 0.494 e. The molecule has 1 aliphatic heterocycles. The maximum Gasteiger partial charge on any atom is 0.406 e. The smallest absolute Gasteiger partial charge is 0.406 e. The van der Waals surface area contributed by atoms with E-state index in [0.717, 1.165) is 0 Å². The molecular formula is C24H24F3N5O4S. The molecule has 0 aliphatic carbocycles. The van der Waals surface area contributed by atoms with Crippen LogP contribution >= 0.6 is 11.3 Å². The number of thiophene rings is 1. The number of nitrogens with two attached hydrogens (primary N) is 1. The summed E-state index contributed by atoms with van der Waals surface area (Å²) < 4.78 is 53.9. The number of fused-ring (bicyclic) bond motifs is 2. The van der Waals surface area contributed by atoms with Crippen LogP contribution in [0, 0.1) is 0 Å². The number of methoxy groups -OCH3 is 1. The zero-order valence-corrected chi connectivity index (χ0v) is 20.9. The Morgan fingerprint density at radius 2 is 2.05 bits per heavy atom. The van der Waals surface area contributed by atoms with Crippen LogP contribution in [0.2, 0.25) is 0 Å². The van der Waals surface area contributed by atoms with E-state index in [2.05, 4.69) is 4.98 Å². The Kier molecular flexibility index (Phi) is 6.26. The summed E-state index contributed by atoms with van der Waals surface area (Å²) in [5, 5.41) is 2.44. The monoisotopic (exact) mass is 535 g/mol. The quantitative estimate of drug-likeness (QED) is 0.405. The van der Waals surface area contributed by atoms with Crippen molar-refractivity contribution in [2.45, 2.75) is 31.7 Å². The summed E-state index contributed by atoms with van der Waals surface area (Å²) in [4.78, 5) is 31.2. The van der Waals surface area contributed by atoms with Gasteiger partial charge < -0.3 is 29.2 Å². The second kappa shape index (κ2) is 9.29. The van der Waals surface area contributed by atoms with E-state index in [1.54, 1.807) is 46.2 Å². The summed E-state index contributed by atoms with van der Waals surface area (Å²) in [6.45, 7) is -0.468. The van der Waals surface area contributed by atoms with Gasteiger partial charge in [0.1, 0.15) is 28.7 Å². The summed E-state index contributed by atoms with van der Waals surface area (Å²) in [6, 6.07) is 6.64. The molecule has 4 aromatic rings. The number of aryl methyl sites for hydroxylation is 1. The van der Waals surface area contributed by atoms with E-state index in [4.69, 9.17) is 15.2 Å². The molecule has 1 aliphatic rings. The summed E-state index contributed by atoms with van der Waals surface area (Å²) in [5.74, 6) is 0.379. The number of halogens is 3. The molecule has 0 radical (unpaired) electrons. The first-order valence-electron chi connectivity index (χ1n) is 11.5. The molecule has 1 unspecified atom stereocenters. The maximum atomic E-state index is 13.4. The SMILES string of the molecule is COc1cc(C(=O)N2CCCC(OC(N)=O)C2)cc2nc(-c3cc4ccsc4n3CC(F)(F)F)n(C)c12. The van der Waals surface area contributed by atoms with Crippen LogP contribution in [0.3, 0.4) is 0 Å². The van der Waals surface area contributed by atoms with E-state index in [-0.39, 0.29) is 12.5 Å². The van der Waals surface area contributed by atoms with Crippen molar-refractivity contribution in [1.82, 2.24) is 19.0 Å². The third kappa shape index (κ3) is 4.70. The van der Waals surface area contributed by atoms with Gasteiger partial charge in [0.05, 0.1) is 24.9 Å². The summed E-state index contributed by atoms with van der Waals surface area (Å²) in [7, 11) is 3.15. The fraction of sp³-hybridized carbons (Fsp3) is 0.375. The molecule has 196 valence electrons. The highest BCUT2D eigenvalue weighted by Crippen LogP contribution is 2.37. The Hall–Kier alpha value is -3.74. The van der Waals surface area contributed by atoms with Crippen LogP contribution in [0.25, 0.3) is 32.8 Å². The molecular weight excluding hydrogens is 511 g/mol. The van der Waals surface area contributed by atoms with Crippen molar-refractivity contribution in [2.75, 3.05) is 20.2 Å². The van der Waals surface area contributed by atoms with Gasteiger partial charge in [-0.25, -0.2) is 9.78 Å². The molecule has 0 bridgehead atoms. The molecule has 13 heteroatoms. The number of carbonyl (C=O) groups excluding carboxylic acids is 2. The average Bonchev–Trinajstić information content (AvgIpc) is 3.51. The van der Waals surface area contributed by atoms with Gasteiger partial charge in [-0.1, -0.05) is 0 Å². The summed E-state index contributed by atoms with van der Waals surface area (Å²) >= 11 is 1.23. The maximum absolute atomic E-state index is 13.4. The van der Waals surface area contributed by atoms with E-state index in [1.165, 1.54) is 23.0 Å². The van der Waals surface area contributed by atoms with E-state index in [1.807, 2.05) is 0 Å². The van der Waals surface area contributed by atoms with Crippen molar-refractivity contribution >= 4 is 44.6 Å². The topological polar surface area (TPSA) is 105 Å². The summed E-state index contributed by atoms with van der Waals surface area (Å²) in [6.07, 6.45) is -4.55. The van der Waals surface area contributed by atoms with Crippen LogP contribution in [-0.4, -0.2) is 63.5 Å². The lowest BCUT2D eigenvalue weighted by atomic mass is 10.1. The number of likely N-dealkylation sites (tertiary alicyclic amines) is 1. The highest BCUT2D eigenvalue weighted by atomic mass is 32.1. The van der Waals surface area contributed by atoms with Crippen LogP contribution in [0.15, 0.2) is 29.6 Å². The highest BCUT2D eigenvalue weighted by Gasteiger charge is 2.32. The first kappa shape index (κ1) is 24.9. The van der Waals surface area contributed by atoms with Gasteiger partial charge in [0.2, 0.25) is 0 Å². The van der Waals surface area contributed by atoms with Crippen LogP contribution in [0.5, 0.6) is 5.75 Å². The predicted molar refractivity (Wildman–Crippen MR) is 132 cm³/mol. The Labute approximate surface area is 213 Å². The van der Waals surface area contributed by atoms with Crippen molar-refractivity contribution in [3.63, 3.8) is 0 Å². The Bertz CT molecular complexity index is 1510. The van der Waals surface area contributed by atoms with Crippen LogP contribution in [-0.2, 0) is 18.3 Å². The molecule has 1 atom stereocenters. The van der Waals surface area contributed by atoms with E-state index in [0.29, 0.717) is 63.5 Å². The van der Waals surface area contributed by atoms with E-state index < -0.39 is 24.9 Å². The number of hydrogen-bond donors (Lipinski definition) is 1.